The van der Waals surface area contributed by atoms with Crippen molar-refractivity contribution in [2.45, 2.75) is 18.7 Å². The Morgan fingerprint density at radius 2 is 1.92 bits per heavy atom. The topological polar surface area (TPSA) is 117 Å². The zero-order chi connectivity index (χ0) is 18.8. The minimum absolute atomic E-state index is 0.320. The summed E-state index contributed by atoms with van der Waals surface area (Å²) >= 11 is 0. The minimum Gasteiger partial charge on any atom is -0.479 e. The molecule has 11 heteroatoms. The van der Waals surface area contributed by atoms with Crippen molar-refractivity contribution in [2.75, 3.05) is 6.54 Å². The number of alkyl halides is 3. The Balaban J connectivity index is 2.21. The van der Waals surface area contributed by atoms with Crippen LogP contribution < -0.4 is 5.32 Å². The van der Waals surface area contributed by atoms with Crippen molar-refractivity contribution < 1.29 is 33.0 Å². The molecule has 134 valence electrons. The monoisotopic (exact) mass is 358 g/mol. The molecule has 0 aliphatic carbocycles. The summed E-state index contributed by atoms with van der Waals surface area (Å²) < 4.78 is 39.8. The first-order chi connectivity index (χ1) is 11.5. The second-order valence-corrected chi connectivity index (χ2v) is 5.32. The van der Waals surface area contributed by atoms with E-state index in [2.05, 4.69) is 15.6 Å². The average molecular weight is 358 g/mol. The summed E-state index contributed by atoms with van der Waals surface area (Å²) in [5.74, 6) is -2.44. The Kier molecular flexibility index (Phi) is 4.79. The molecule has 3 N–H and O–H groups in total. The molecule has 25 heavy (non-hydrogen) atoms. The lowest BCUT2D eigenvalue weighted by molar-refractivity contribution is -0.155. The fourth-order valence-corrected chi connectivity index (χ4v) is 1.82. The van der Waals surface area contributed by atoms with Gasteiger partial charge in [-0.3, -0.25) is 4.79 Å². The Labute approximate surface area is 138 Å². The molecule has 0 aliphatic rings. The molecule has 1 unspecified atom stereocenters. The van der Waals surface area contributed by atoms with Crippen LogP contribution in [-0.2, 0) is 11.0 Å². The van der Waals surface area contributed by atoms with Crippen LogP contribution in [0.1, 0.15) is 23.0 Å². The van der Waals surface area contributed by atoms with Crippen LogP contribution >= 0.6 is 0 Å². The van der Waals surface area contributed by atoms with Crippen molar-refractivity contribution in [3.8, 4) is 5.69 Å². The standard InChI is InChI=1S/C14H13F3N4O4/c1-13(25,12(23)24)7-18-11(22)9-6-21(20-19-9)10-5-3-2-4-8(10)14(15,16)17/h2-6,25H,7H2,1H3,(H,18,22)(H,23,24). The lowest BCUT2D eigenvalue weighted by atomic mass is 10.1. The quantitative estimate of drug-likeness (QED) is 0.730. The fourth-order valence-electron chi connectivity index (χ4n) is 1.82. The summed E-state index contributed by atoms with van der Waals surface area (Å²) in [4.78, 5) is 22.6. The van der Waals surface area contributed by atoms with Gasteiger partial charge in [-0.15, -0.1) is 5.10 Å². The van der Waals surface area contributed by atoms with Gasteiger partial charge >= 0.3 is 12.1 Å². The van der Waals surface area contributed by atoms with Crippen LogP contribution in [0.4, 0.5) is 13.2 Å². The number of hydrogen-bond donors (Lipinski definition) is 3. The number of halogens is 3. The summed E-state index contributed by atoms with van der Waals surface area (Å²) in [6, 6.07) is 4.61. The molecule has 1 amide bonds. The first-order valence-electron chi connectivity index (χ1n) is 6.85. The Bertz CT molecular complexity index is 801. The van der Waals surface area contributed by atoms with Gasteiger partial charge in [0, 0.05) is 0 Å². The van der Waals surface area contributed by atoms with Gasteiger partial charge in [-0.2, -0.15) is 13.2 Å². The molecule has 0 spiro atoms. The Morgan fingerprint density at radius 3 is 2.52 bits per heavy atom. The van der Waals surface area contributed by atoms with E-state index >= 15 is 0 Å². The maximum absolute atomic E-state index is 13.0. The third-order valence-corrected chi connectivity index (χ3v) is 3.24. The maximum atomic E-state index is 13.0. The van der Waals surface area contributed by atoms with Crippen LogP contribution in [0.15, 0.2) is 30.5 Å². The van der Waals surface area contributed by atoms with Crippen molar-refractivity contribution in [3.63, 3.8) is 0 Å². The second-order valence-electron chi connectivity index (χ2n) is 5.32. The molecule has 1 atom stereocenters. The van der Waals surface area contributed by atoms with Gasteiger partial charge in [0.05, 0.1) is 24.0 Å². The molecule has 0 saturated carbocycles. The first kappa shape index (κ1) is 18.4. The van der Waals surface area contributed by atoms with E-state index in [9.17, 15) is 27.9 Å². The number of aromatic nitrogens is 3. The summed E-state index contributed by atoms with van der Waals surface area (Å²) in [6.07, 6.45) is -3.65. The normalized spacial score (nSPS) is 14.0. The number of aliphatic carboxylic acids is 1. The second kappa shape index (κ2) is 6.51. The smallest absolute Gasteiger partial charge is 0.418 e. The number of aliphatic hydroxyl groups is 1. The van der Waals surface area contributed by atoms with Crippen LogP contribution in [0, 0.1) is 0 Å². The lowest BCUT2D eigenvalue weighted by Gasteiger charge is -2.17. The molecule has 8 nitrogen and oxygen atoms in total. The zero-order valence-electron chi connectivity index (χ0n) is 12.8. The Hall–Kier alpha value is -2.95. The summed E-state index contributed by atoms with van der Waals surface area (Å²) in [5, 5.41) is 27.3. The van der Waals surface area contributed by atoms with E-state index in [-0.39, 0.29) is 11.4 Å². The SMILES string of the molecule is CC(O)(CNC(=O)c1cn(-c2ccccc2C(F)(F)F)nn1)C(=O)O. The number of nitrogens with zero attached hydrogens (tertiary/aromatic N) is 3. The van der Waals surface area contributed by atoms with E-state index in [1.165, 1.54) is 12.1 Å². The van der Waals surface area contributed by atoms with Crippen LogP contribution in [0.25, 0.3) is 5.69 Å². The summed E-state index contributed by atoms with van der Waals surface area (Å²) in [5.41, 5.74) is -3.81. The molecule has 2 aromatic rings. The number of carboxylic acid groups (broad SMARTS) is 1. The number of para-hydroxylation sites is 1. The molecule has 2 rings (SSSR count). The highest BCUT2D eigenvalue weighted by Crippen LogP contribution is 2.33. The zero-order valence-corrected chi connectivity index (χ0v) is 12.8. The third-order valence-electron chi connectivity index (χ3n) is 3.24. The number of benzene rings is 1. The van der Waals surface area contributed by atoms with Gasteiger partial charge in [0.25, 0.3) is 5.91 Å². The van der Waals surface area contributed by atoms with Gasteiger partial charge < -0.3 is 15.5 Å². The van der Waals surface area contributed by atoms with Crippen LogP contribution in [0.5, 0.6) is 0 Å². The summed E-state index contributed by atoms with van der Waals surface area (Å²) in [6.45, 7) is 0.360. The molecule has 0 bridgehead atoms. The van der Waals surface area contributed by atoms with Crippen molar-refractivity contribution in [1.29, 1.82) is 0 Å². The van der Waals surface area contributed by atoms with Crippen LogP contribution in [-0.4, -0.2) is 49.2 Å². The highest BCUT2D eigenvalue weighted by atomic mass is 19.4. The van der Waals surface area contributed by atoms with Crippen molar-refractivity contribution >= 4 is 11.9 Å². The lowest BCUT2D eigenvalue weighted by Crippen LogP contribution is -2.46. The molecule has 0 saturated heterocycles. The predicted molar refractivity (Wildman–Crippen MR) is 77.0 cm³/mol. The van der Waals surface area contributed by atoms with Crippen molar-refractivity contribution in [1.82, 2.24) is 20.3 Å². The Morgan fingerprint density at radius 1 is 1.28 bits per heavy atom. The number of rotatable bonds is 5. The molecule has 0 radical (unpaired) electrons. The molecule has 1 aromatic carbocycles. The van der Waals surface area contributed by atoms with E-state index in [0.717, 1.165) is 29.9 Å². The number of carbonyl (C=O) groups excluding carboxylic acids is 1. The summed E-state index contributed by atoms with van der Waals surface area (Å²) in [7, 11) is 0. The predicted octanol–water partition coefficient (Wildman–Crippen LogP) is 0.851. The molecular formula is C14H13F3N4O4. The number of nitrogens with one attached hydrogen (secondary N) is 1. The van der Waals surface area contributed by atoms with E-state index in [1.54, 1.807) is 0 Å². The number of carbonyl (C=O) groups is 2. The van der Waals surface area contributed by atoms with E-state index in [4.69, 9.17) is 5.11 Å². The van der Waals surface area contributed by atoms with Crippen LogP contribution in [0.3, 0.4) is 0 Å². The maximum Gasteiger partial charge on any atom is 0.418 e. The molecule has 1 aromatic heterocycles. The van der Waals surface area contributed by atoms with Gasteiger partial charge in [0.15, 0.2) is 11.3 Å². The highest BCUT2D eigenvalue weighted by Gasteiger charge is 2.34. The van der Waals surface area contributed by atoms with Gasteiger partial charge in [-0.25, -0.2) is 9.48 Å². The van der Waals surface area contributed by atoms with Crippen molar-refractivity contribution in [2.24, 2.45) is 0 Å². The highest BCUT2D eigenvalue weighted by molar-refractivity contribution is 5.92. The minimum atomic E-state index is -4.62. The van der Waals surface area contributed by atoms with Crippen molar-refractivity contribution in [3.05, 3.63) is 41.7 Å². The van der Waals surface area contributed by atoms with Crippen LogP contribution in [0.2, 0.25) is 0 Å². The largest absolute Gasteiger partial charge is 0.479 e. The van der Waals surface area contributed by atoms with Gasteiger partial charge in [0.2, 0.25) is 0 Å². The average Bonchev–Trinajstić information content (AvgIpc) is 3.01. The van der Waals surface area contributed by atoms with Gasteiger partial charge in [0.1, 0.15) is 0 Å². The van der Waals surface area contributed by atoms with Gasteiger partial charge in [-0.05, 0) is 19.1 Å². The molecule has 1 heterocycles. The first-order valence-corrected chi connectivity index (χ1v) is 6.85. The number of hydrogen-bond acceptors (Lipinski definition) is 5. The molecule has 0 aliphatic heterocycles. The third kappa shape index (κ3) is 4.12. The van der Waals surface area contributed by atoms with E-state index < -0.39 is 35.8 Å². The van der Waals surface area contributed by atoms with E-state index in [0.29, 0.717) is 0 Å². The molecular weight excluding hydrogens is 345 g/mol. The fraction of sp³-hybridized carbons (Fsp3) is 0.286. The number of carboxylic acids is 1. The molecule has 0 fully saturated rings. The number of amides is 1. The van der Waals surface area contributed by atoms with E-state index in [1.807, 2.05) is 0 Å². The van der Waals surface area contributed by atoms with Gasteiger partial charge in [-0.1, -0.05) is 17.3 Å².